The third-order valence-corrected chi connectivity index (χ3v) is 5.50. The van der Waals surface area contributed by atoms with Crippen LogP contribution >= 0.6 is 27.7 Å². The molecule has 3 N–H and O–H groups in total. The van der Waals surface area contributed by atoms with Crippen molar-refractivity contribution in [3.8, 4) is 0 Å². The highest BCUT2D eigenvalue weighted by Gasteiger charge is 2.21. The summed E-state index contributed by atoms with van der Waals surface area (Å²) in [6.07, 6.45) is 1.89. The van der Waals surface area contributed by atoms with Gasteiger partial charge in [0.25, 0.3) is 0 Å². The van der Waals surface area contributed by atoms with Crippen LogP contribution in [0.5, 0.6) is 0 Å². The van der Waals surface area contributed by atoms with Gasteiger partial charge in [0.05, 0.1) is 10.6 Å². The number of nitrogens with one attached hydrogen (secondary N) is 1. The number of halogens is 2. The third-order valence-electron chi connectivity index (χ3n) is 2.11. The molecule has 0 aliphatic carbocycles. The Kier molecular flexibility index (Phi) is 5.45. The zero-order valence-corrected chi connectivity index (χ0v) is 13.1. The Morgan fingerprint density at radius 3 is 2.72 bits per heavy atom. The standard InChI is InChI=1S/C10H14BrFN2O2S2/c1-6(5-17-2)14-18(15,16)10-4-9(13)8(12)3-7(10)11/h3-4,6,14H,5,13H2,1-2H3. The smallest absolute Gasteiger partial charge is 0.242 e. The van der Waals surface area contributed by atoms with Gasteiger partial charge >= 0.3 is 0 Å². The van der Waals surface area contributed by atoms with Crippen LogP contribution in [0.3, 0.4) is 0 Å². The van der Waals surface area contributed by atoms with Gasteiger partial charge in [-0.05, 0) is 41.2 Å². The van der Waals surface area contributed by atoms with E-state index in [1.807, 2.05) is 6.26 Å². The van der Waals surface area contributed by atoms with E-state index in [-0.39, 0.29) is 21.1 Å². The lowest BCUT2D eigenvalue weighted by molar-refractivity contribution is 0.570. The van der Waals surface area contributed by atoms with E-state index in [1.165, 1.54) is 11.8 Å². The predicted octanol–water partition coefficient (Wildman–Crippen LogP) is 2.20. The summed E-state index contributed by atoms with van der Waals surface area (Å²) in [6, 6.07) is 1.93. The average molecular weight is 357 g/mol. The van der Waals surface area contributed by atoms with Crippen LogP contribution in [0, 0.1) is 5.82 Å². The van der Waals surface area contributed by atoms with E-state index in [1.54, 1.807) is 6.92 Å². The Bertz CT molecular complexity index is 537. The van der Waals surface area contributed by atoms with Crippen LogP contribution in [0.15, 0.2) is 21.5 Å². The molecule has 8 heteroatoms. The van der Waals surface area contributed by atoms with Gasteiger partial charge in [-0.25, -0.2) is 17.5 Å². The van der Waals surface area contributed by atoms with Gasteiger partial charge < -0.3 is 5.73 Å². The summed E-state index contributed by atoms with van der Waals surface area (Å²) in [5.74, 6) is -0.00829. The summed E-state index contributed by atoms with van der Waals surface area (Å²) in [7, 11) is -3.71. The van der Waals surface area contributed by atoms with E-state index in [0.717, 1.165) is 12.1 Å². The monoisotopic (exact) mass is 356 g/mol. The first-order chi connectivity index (χ1) is 8.27. The molecule has 1 aromatic rings. The first-order valence-corrected chi connectivity index (χ1v) is 8.70. The van der Waals surface area contributed by atoms with Crippen LogP contribution in [0.2, 0.25) is 0 Å². The average Bonchev–Trinajstić information content (AvgIpc) is 2.22. The van der Waals surface area contributed by atoms with Gasteiger partial charge in [0.15, 0.2) is 0 Å². The molecular formula is C10H14BrFN2O2S2. The SMILES string of the molecule is CSCC(C)NS(=O)(=O)c1cc(N)c(F)cc1Br. The van der Waals surface area contributed by atoms with Gasteiger partial charge in [0.1, 0.15) is 5.82 Å². The molecule has 0 fully saturated rings. The number of rotatable bonds is 5. The number of sulfonamides is 1. The fourth-order valence-electron chi connectivity index (χ4n) is 1.36. The van der Waals surface area contributed by atoms with Gasteiger partial charge in [-0.1, -0.05) is 0 Å². The fraction of sp³-hybridized carbons (Fsp3) is 0.400. The minimum absolute atomic E-state index is 0.0608. The van der Waals surface area contributed by atoms with Crippen molar-refractivity contribution < 1.29 is 12.8 Å². The lowest BCUT2D eigenvalue weighted by atomic mass is 10.3. The van der Waals surface area contributed by atoms with Crippen molar-refractivity contribution in [2.75, 3.05) is 17.7 Å². The highest BCUT2D eigenvalue weighted by atomic mass is 79.9. The lowest BCUT2D eigenvalue weighted by Gasteiger charge is -2.14. The number of hydrogen-bond donors (Lipinski definition) is 2. The Morgan fingerprint density at radius 2 is 2.17 bits per heavy atom. The van der Waals surface area contributed by atoms with Crippen molar-refractivity contribution in [3.63, 3.8) is 0 Å². The molecule has 102 valence electrons. The van der Waals surface area contributed by atoms with Crippen molar-refractivity contribution in [2.24, 2.45) is 0 Å². The number of thioether (sulfide) groups is 1. The maximum absolute atomic E-state index is 13.2. The van der Waals surface area contributed by atoms with E-state index >= 15 is 0 Å². The summed E-state index contributed by atoms with van der Waals surface area (Å²) in [5.41, 5.74) is 5.19. The molecule has 0 heterocycles. The summed E-state index contributed by atoms with van der Waals surface area (Å²) < 4.78 is 40.0. The molecule has 0 aliphatic heterocycles. The van der Waals surface area contributed by atoms with Crippen LogP contribution in [-0.2, 0) is 10.0 Å². The molecule has 0 aromatic heterocycles. The summed E-state index contributed by atoms with van der Waals surface area (Å²) in [5, 5.41) is 0. The normalized spacial score (nSPS) is 13.6. The molecule has 1 aromatic carbocycles. The van der Waals surface area contributed by atoms with E-state index in [0.29, 0.717) is 5.75 Å². The summed E-state index contributed by atoms with van der Waals surface area (Å²) in [4.78, 5) is -0.0608. The largest absolute Gasteiger partial charge is 0.396 e. The maximum Gasteiger partial charge on any atom is 0.242 e. The molecule has 1 rings (SSSR count). The molecule has 0 saturated heterocycles. The zero-order valence-electron chi connectivity index (χ0n) is 9.91. The molecular weight excluding hydrogens is 343 g/mol. The van der Waals surface area contributed by atoms with Crippen molar-refractivity contribution in [3.05, 3.63) is 22.4 Å². The number of anilines is 1. The highest BCUT2D eigenvalue weighted by molar-refractivity contribution is 9.10. The van der Waals surface area contributed by atoms with Gasteiger partial charge in [0, 0.05) is 16.3 Å². The Balaban J connectivity index is 3.09. The van der Waals surface area contributed by atoms with Gasteiger partial charge in [-0.3, -0.25) is 0 Å². The van der Waals surface area contributed by atoms with Gasteiger partial charge in [0.2, 0.25) is 10.0 Å². The third kappa shape index (κ3) is 3.84. The topological polar surface area (TPSA) is 72.2 Å². The molecule has 18 heavy (non-hydrogen) atoms. The molecule has 1 atom stereocenters. The Hall–Kier alpha value is -0.310. The number of nitrogen functional groups attached to an aromatic ring is 1. The minimum Gasteiger partial charge on any atom is -0.396 e. The second-order valence-corrected chi connectivity index (χ2v) is 7.23. The van der Waals surface area contributed by atoms with Crippen LogP contribution in [0.25, 0.3) is 0 Å². The van der Waals surface area contributed by atoms with Crippen molar-refractivity contribution in [1.82, 2.24) is 4.72 Å². The van der Waals surface area contributed by atoms with Crippen LogP contribution in [-0.4, -0.2) is 26.5 Å². The lowest BCUT2D eigenvalue weighted by Crippen LogP contribution is -2.34. The molecule has 0 spiro atoms. The Labute approximate surface area is 119 Å². The van der Waals surface area contributed by atoms with Crippen LogP contribution in [0.4, 0.5) is 10.1 Å². The first kappa shape index (κ1) is 15.7. The van der Waals surface area contributed by atoms with E-state index < -0.39 is 15.8 Å². The second-order valence-electron chi connectivity index (χ2n) is 3.78. The van der Waals surface area contributed by atoms with Crippen molar-refractivity contribution in [2.45, 2.75) is 17.9 Å². The first-order valence-electron chi connectivity index (χ1n) is 5.03. The van der Waals surface area contributed by atoms with E-state index in [4.69, 9.17) is 5.73 Å². The zero-order chi connectivity index (χ0) is 13.9. The maximum atomic E-state index is 13.2. The summed E-state index contributed by atoms with van der Waals surface area (Å²) in [6.45, 7) is 1.76. The summed E-state index contributed by atoms with van der Waals surface area (Å²) >= 11 is 4.56. The highest BCUT2D eigenvalue weighted by Crippen LogP contribution is 2.26. The fourth-order valence-corrected chi connectivity index (χ4v) is 4.34. The molecule has 4 nitrogen and oxygen atoms in total. The van der Waals surface area contributed by atoms with Crippen LogP contribution in [0.1, 0.15) is 6.92 Å². The molecule has 0 saturated carbocycles. The number of benzene rings is 1. The Morgan fingerprint density at radius 1 is 1.56 bits per heavy atom. The predicted molar refractivity (Wildman–Crippen MR) is 76.7 cm³/mol. The molecule has 0 bridgehead atoms. The molecule has 0 amide bonds. The van der Waals surface area contributed by atoms with E-state index in [2.05, 4.69) is 20.7 Å². The van der Waals surface area contributed by atoms with Gasteiger partial charge in [-0.15, -0.1) is 0 Å². The van der Waals surface area contributed by atoms with Gasteiger partial charge in [-0.2, -0.15) is 11.8 Å². The van der Waals surface area contributed by atoms with Crippen LogP contribution < -0.4 is 10.5 Å². The van der Waals surface area contributed by atoms with E-state index in [9.17, 15) is 12.8 Å². The second kappa shape index (κ2) is 6.23. The van der Waals surface area contributed by atoms with Crippen molar-refractivity contribution >= 4 is 43.4 Å². The minimum atomic E-state index is -3.71. The van der Waals surface area contributed by atoms with Crippen molar-refractivity contribution in [1.29, 1.82) is 0 Å². The molecule has 0 radical (unpaired) electrons. The molecule has 1 unspecified atom stereocenters. The number of hydrogen-bond acceptors (Lipinski definition) is 4. The quantitative estimate of drug-likeness (QED) is 0.793. The molecule has 0 aliphatic rings. The number of nitrogens with two attached hydrogens (primary N) is 1.